The Labute approximate surface area is 116 Å². The molecule has 2 aromatic rings. The lowest BCUT2D eigenvalue weighted by atomic mass is 10.1. The van der Waals surface area contributed by atoms with E-state index in [1.165, 1.54) is 0 Å². The molecular formula is C13H7F3N2O3. The minimum absolute atomic E-state index is 0.107. The molecule has 1 amide bonds. The van der Waals surface area contributed by atoms with Gasteiger partial charge in [0, 0.05) is 23.9 Å². The smallest absolute Gasteiger partial charge is 0.270 e. The first-order valence-corrected chi connectivity index (χ1v) is 5.59. The lowest BCUT2D eigenvalue weighted by Crippen LogP contribution is -2.14. The van der Waals surface area contributed by atoms with Crippen molar-refractivity contribution in [2.24, 2.45) is 0 Å². The van der Waals surface area contributed by atoms with E-state index in [-0.39, 0.29) is 5.69 Å². The summed E-state index contributed by atoms with van der Waals surface area (Å²) in [6.45, 7) is 0. The van der Waals surface area contributed by atoms with Gasteiger partial charge in [-0.25, -0.2) is 13.2 Å². The summed E-state index contributed by atoms with van der Waals surface area (Å²) in [4.78, 5) is 21.6. The van der Waals surface area contributed by atoms with Gasteiger partial charge in [-0.2, -0.15) is 0 Å². The van der Waals surface area contributed by atoms with Gasteiger partial charge in [0.25, 0.3) is 11.6 Å². The molecule has 1 N–H and O–H groups in total. The minimum Gasteiger partial charge on any atom is -0.322 e. The highest BCUT2D eigenvalue weighted by Gasteiger charge is 2.17. The fraction of sp³-hybridized carbons (Fsp3) is 0. The van der Waals surface area contributed by atoms with E-state index in [4.69, 9.17) is 0 Å². The molecule has 0 aliphatic rings. The van der Waals surface area contributed by atoms with E-state index in [1.54, 1.807) is 0 Å². The van der Waals surface area contributed by atoms with Crippen LogP contribution < -0.4 is 5.32 Å². The van der Waals surface area contributed by atoms with E-state index in [2.05, 4.69) is 5.32 Å². The van der Waals surface area contributed by atoms with Gasteiger partial charge in [0.1, 0.15) is 5.82 Å². The van der Waals surface area contributed by atoms with E-state index in [1.807, 2.05) is 0 Å². The summed E-state index contributed by atoms with van der Waals surface area (Å²) < 4.78 is 39.2. The van der Waals surface area contributed by atoms with Crippen molar-refractivity contribution >= 4 is 17.3 Å². The van der Waals surface area contributed by atoms with Crippen LogP contribution in [0.15, 0.2) is 36.4 Å². The molecule has 0 aliphatic heterocycles. The number of nitrogens with one attached hydrogen (secondary N) is 1. The van der Waals surface area contributed by atoms with Crippen molar-refractivity contribution in [2.45, 2.75) is 0 Å². The third-order valence-corrected chi connectivity index (χ3v) is 2.58. The number of amides is 1. The van der Waals surface area contributed by atoms with Gasteiger partial charge < -0.3 is 5.32 Å². The second kappa shape index (κ2) is 5.61. The molecule has 0 aromatic heterocycles. The van der Waals surface area contributed by atoms with Crippen LogP contribution in [0.1, 0.15) is 10.4 Å². The molecule has 0 aliphatic carbocycles. The number of rotatable bonds is 3. The molecule has 2 rings (SSSR count). The fourth-order valence-corrected chi connectivity index (χ4v) is 1.57. The van der Waals surface area contributed by atoms with Gasteiger partial charge in [0.15, 0.2) is 11.6 Å². The number of nitro benzene ring substituents is 1. The monoisotopic (exact) mass is 296 g/mol. The molecule has 0 heterocycles. The van der Waals surface area contributed by atoms with Crippen molar-refractivity contribution < 1.29 is 22.9 Å². The Bertz CT molecular complexity index is 735. The number of nitro groups is 1. The van der Waals surface area contributed by atoms with Gasteiger partial charge in [-0.05, 0) is 18.2 Å². The first-order chi connectivity index (χ1) is 9.88. The zero-order chi connectivity index (χ0) is 15.6. The second-order valence-electron chi connectivity index (χ2n) is 4.00. The molecule has 0 atom stereocenters. The number of non-ortho nitro benzene ring substituents is 1. The van der Waals surface area contributed by atoms with Crippen LogP contribution in [0.25, 0.3) is 0 Å². The van der Waals surface area contributed by atoms with Gasteiger partial charge >= 0.3 is 0 Å². The van der Waals surface area contributed by atoms with Crippen molar-refractivity contribution in [3.8, 4) is 0 Å². The van der Waals surface area contributed by atoms with E-state index in [9.17, 15) is 28.1 Å². The third-order valence-electron chi connectivity index (χ3n) is 2.58. The number of halogens is 3. The van der Waals surface area contributed by atoms with E-state index < -0.39 is 39.5 Å². The third kappa shape index (κ3) is 3.16. The Kier molecular flexibility index (Phi) is 3.88. The first kappa shape index (κ1) is 14.5. The molecule has 0 spiro atoms. The average Bonchev–Trinajstić information content (AvgIpc) is 2.43. The quantitative estimate of drug-likeness (QED) is 0.698. The van der Waals surface area contributed by atoms with Crippen molar-refractivity contribution in [1.29, 1.82) is 0 Å². The molecule has 0 fully saturated rings. The van der Waals surface area contributed by atoms with Crippen LogP contribution in [0.3, 0.4) is 0 Å². The molecule has 8 heteroatoms. The highest BCUT2D eigenvalue weighted by atomic mass is 19.2. The summed E-state index contributed by atoms with van der Waals surface area (Å²) >= 11 is 0. The molecular weight excluding hydrogens is 289 g/mol. The molecule has 21 heavy (non-hydrogen) atoms. The van der Waals surface area contributed by atoms with Gasteiger partial charge in [-0.1, -0.05) is 0 Å². The lowest BCUT2D eigenvalue weighted by molar-refractivity contribution is -0.384. The van der Waals surface area contributed by atoms with Gasteiger partial charge in [-0.3, -0.25) is 14.9 Å². The first-order valence-electron chi connectivity index (χ1n) is 5.59. The largest absolute Gasteiger partial charge is 0.322 e. The standard InChI is InChI=1S/C13H7F3N2O3/c14-10-4-2-8(18(20)21)6-9(10)13(19)17-7-1-3-11(15)12(16)5-7/h1-6H,(H,17,19). The Morgan fingerprint density at radius 3 is 2.29 bits per heavy atom. The summed E-state index contributed by atoms with van der Waals surface area (Å²) in [6.07, 6.45) is 0. The van der Waals surface area contributed by atoms with Crippen LogP contribution in [0, 0.1) is 27.6 Å². The number of carbonyl (C=O) groups excluding carboxylic acids is 1. The maximum absolute atomic E-state index is 13.5. The normalized spacial score (nSPS) is 10.2. The number of carbonyl (C=O) groups is 1. The molecule has 0 bridgehead atoms. The van der Waals surface area contributed by atoms with Crippen molar-refractivity contribution in [3.63, 3.8) is 0 Å². The SMILES string of the molecule is O=C(Nc1ccc(F)c(F)c1)c1cc([N+](=O)[O-])ccc1F. The van der Waals surface area contributed by atoms with Gasteiger partial charge in [0.05, 0.1) is 10.5 Å². The van der Waals surface area contributed by atoms with E-state index >= 15 is 0 Å². The summed E-state index contributed by atoms with van der Waals surface area (Å²) in [6, 6.07) is 5.01. The predicted octanol–water partition coefficient (Wildman–Crippen LogP) is 3.26. The number of hydrogen-bond acceptors (Lipinski definition) is 3. The molecule has 0 saturated carbocycles. The fourth-order valence-electron chi connectivity index (χ4n) is 1.57. The number of hydrogen-bond donors (Lipinski definition) is 1. The van der Waals surface area contributed by atoms with E-state index in [0.717, 1.165) is 30.3 Å². The number of nitrogens with zero attached hydrogens (tertiary/aromatic N) is 1. The Hall–Kier alpha value is -2.90. The van der Waals surface area contributed by atoms with Crippen molar-refractivity contribution in [1.82, 2.24) is 0 Å². The van der Waals surface area contributed by atoms with Crippen LogP contribution in [0.4, 0.5) is 24.5 Å². The summed E-state index contributed by atoms with van der Waals surface area (Å²) in [7, 11) is 0. The number of anilines is 1. The van der Waals surface area contributed by atoms with Crippen molar-refractivity contribution in [3.05, 3.63) is 69.5 Å². The van der Waals surface area contributed by atoms with Crippen LogP contribution >= 0.6 is 0 Å². The maximum atomic E-state index is 13.5. The van der Waals surface area contributed by atoms with E-state index in [0.29, 0.717) is 6.07 Å². The minimum atomic E-state index is -1.19. The summed E-state index contributed by atoms with van der Waals surface area (Å²) in [5.41, 5.74) is -1.15. The van der Waals surface area contributed by atoms with Crippen molar-refractivity contribution in [2.75, 3.05) is 5.32 Å². The zero-order valence-electron chi connectivity index (χ0n) is 10.3. The van der Waals surface area contributed by atoms with Crippen LogP contribution in [0.5, 0.6) is 0 Å². The molecule has 108 valence electrons. The summed E-state index contributed by atoms with van der Waals surface area (Å²) in [5, 5.41) is 12.7. The topological polar surface area (TPSA) is 72.2 Å². The Morgan fingerprint density at radius 1 is 1.00 bits per heavy atom. The predicted molar refractivity (Wildman–Crippen MR) is 67.4 cm³/mol. The highest BCUT2D eigenvalue weighted by molar-refractivity contribution is 6.04. The van der Waals surface area contributed by atoms with Gasteiger partial charge in [-0.15, -0.1) is 0 Å². The average molecular weight is 296 g/mol. The number of benzene rings is 2. The molecule has 0 unspecified atom stereocenters. The Morgan fingerprint density at radius 2 is 1.67 bits per heavy atom. The van der Waals surface area contributed by atoms with Crippen LogP contribution in [-0.4, -0.2) is 10.8 Å². The zero-order valence-corrected chi connectivity index (χ0v) is 10.3. The summed E-state index contributed by atoms with van der Waals surface area (Å²) in [5.74, 6) is -4.27. The lowest BCUT2D eigenvalue weighted by Gasteiger charge is -2.06. The highest BCUT2D eigenvalue weighted by Crippen LogP contribution is 2.19. The van der Waals surface area contributed by atoms with Gasteiger partial charge in [0.2, 0.25) is 0 Å². The Balaban J connectivity index is 2.29. The van der Waals surface area contributed by atoms with Crippen LogP contribution in [0.2, 0.25) is 0 Å². The molecule has 2 aromatic carbocycles. The molecule has 5 nitrogen and oxygen atoms in total. The molecule has 0 saturated heterocycles. The van der Waals surface area contributed by atoms with Crippen LogP contribution in [-0.2, 0) is 0 Å². The second-order valence-corrected chi connectivity index (χ2v) is 4.00. The molecule has 0 radical (unpaired) electrons. The maximum Gasteiger partial charge on any atom is 0.270 e.